The predicted octanol–water partition coefficient (Wildman–Crippen LogP) is 0.672. The number of carbonyl (C=O) groups excluding carboxylic acids is 2. The first-order chi connectivity index (χ1) is 9.74. The van der Waals surface area contributed by atoms with Crippen molar-refractivity contribution in [2.24, 2.45) is 5.92 Å². The molecule has 0 unspecified atom stereocenters. The van der Waals surface area contributed by atoms with Gasteiger partial charge in [-0.2, -0.15) is 5.10 Å². The van der Waals surface area contributed by atoms with Gasteiger partial charge in [0.15, 0.2) is 0 Å². The highest BCUT2D eigenvalue weighted by Crippen LogP contribution is 2.24. The van der Waals surface area contributed by atoms with Crippen LogP contribution in [0.15, 0.2) is 35.2 Å². The fraction of sp³-hybridized carbons (Fsp3) is 0.308. The van der Waals surface area contributed by atoms with Crippen LogP contribution in [-0.4, -0.2) is 28.6 Å². The molecule has 2 aromatic heterocycles. The van der Waals surface area contributed by atoms with Crippen molar-refractivity contribution in [2.75, 3.05) is 11.4 Å². The molecule has 0 aliphatic carbocycles. The van der Waals surface area contributed by atoms with Crippen molar-refractivity contribution in [3.05, 3.63) is 36.5 Å². The summed E-state index contributed by atoms with van der Waals surface area (Å²) in [7, 11) is 0. The van der Waals surface area contributed by atoms with Gasteiger partial charge in [-0.1, -0.05) is 0 Å². The topological polar surface area (TPSA) is 91.2 Å². The molecule has 1 fully saturated rings. The maximum atomic E-state index is 12.0. The smallest absolute Gasteiger partial charge is 0.227 e. The average Bonchev–Trinajstić information content (AvgIpc) is 3.17. The molecule has 3 heterocycles. The molecule has 1 saturated heterocycles. The van der Waals surface area contributed by atoms with Gasteiger partial charge in [0.2, 0.25) is 11.8 Å². The van der Waals surface area contributed by atoms with E-state index in [0.29, 0.717) is 24.5 Å². The summed E-state index contributed by atoms with van der Waals surface area (Å²) in [6.45, 7) is 0.713. The van der Waals surface area contributed by atoms with Gasteiger partial charge >= 0.3 is 0 Å². The van der Waals surface area contributed by atoms with Crippen LogP contribution in [0.2, 0.25) is 0 Å². The van der Waals surface area contributed by atoms with E-state index >= 15 is 0 Å². The summed E-state index contributed by atoms with van der Waals surface area (Å²) in [6.07, 6.45) is 4.98. The van der Waals surface area contributed by atoms with E-state index in [-0.39, 0.29) is 24.2 Å². The van der Waals surface area contributed by atoms with Crippen molar-refractivity contribution in [1.82, 2.24) is 15.5 Å². The van der Waals surface area contributed by atoms with Crippen molar-refractivity contribution >= 4 is 17.5 Å². The summed E-state index contributed by atoms with van der Waals surface area (Å²) in [5, 5.41) is 9.25. The second-order valence-corrected chi connectivity index (χ2v) is 4.66. The number of H-pyrrole nitrogens is 1. The quantitative estimate of drug-likeness (QED) is 0.857. The Morgan fingerprint density at radius 1 is 1.60 bits per heavy atom. The molecule has 1 aliphatic rings. The summed E-state index contributed by atoms with van der Waals surface area (Å²) in [5.74, 6) is 0.145. The minimum atomic E-state index is -0.340. The summed E-state index contributed by atoms with van der Waals surface area (Å²) in [6, 6.07) is 3.55. The van der Waals surface area contributed by atoms with Crippen molar-refractivity contribution in [1.29, 1.82) is 0 Å². The first-order valence-electron chi connectivity index (χ1n) is 6.33. The van der Waals surface area contributed by atoms with Gasteiger partial charge in [-0.3, -0.25) is 14.7 Å². The highest BCUT2D eigenvalue weighted by atomic mass is 16.3. The van der Waals surface area contributed by atoms with E-state index < -0.39 is 0 Å². The van der Waals surface area contributed by atoms with Crippen LogP contribution >= 0.6 is 0 Å². The van der Waals surface area contributed by atoms with Crippen LogP contribution in [-0.2, 0) is 16.1 Å². The van der Waals surface area contributed by atoms with E-state index in [1.54, 1.807) is 35.7 Å². The lowest BCUT2D eigenvalue weighted by atomic mass is 10.1. The zero-order valence-corrected chi connectivity index (χ0v) is 10.7. The lowest BCUT2D eigenvalue weighted by Gasteiger charge is -2.13. The molecule has 2 amide bonds. The van der Waals surface area contributed by atoms with Gasteiger partial charge in [-0.15, -0.1) is 0 Å². The minimum absolute atomic E-state index is 0.0652. The maximum Gasteiger partial charge on any atom is 0.227 e. The summed E-state index contributed by atoms with van der Waals surface area (Å²) in [4.78, 5) is 25.5. The summed E-state index contributed by atoms with van der Waals surface area (Å²) < 4.78 is 5.14. The molecule has 0 bridgehead atoms. The number of hydrogen-bond donors (Lipinski definition) is 2. The normalized spacial score (nSPS) is 18.5. The number of furan rings is 1. The third-order valence-corrected chi connectivity index (χ3v) is 3.31. The number of nitrogens with zero attached hydrogens (tertiary/aromatic N) is 2. The number of aromatic nitrogens is 2. The van der Waals surface area contributed by atoms with Crippen LogP contribution in [0.5, 0.6) is 0 Å². The zero-order valence-electron chi connectivity index (χ0n) is 10.7. The van der Waals surface area contributed by atoms with Crippen LogP contribution < -0.4 is 10.2 Å². The number of hydrogen-bond acceptors (Lipinski definition) is 4. The lowest BCUT2D eigenvalue weighted by Crippen LogP contribution is -2.32. The summed E-state index contributed by atoms with van der Waals surface area (Å²) >= 11 is 0. The van der Waals surface area contributed by atoms with Gasteiger partial charge in [0.1, 0.15) is 5.76 Å². The molecular formula is C13H14N4O3. The predicted molar refractivity (Wildman–Crippen MR) is 69.6 cm³/mol. The molecule has 0 radical (unpaired) electrons. The summed E-state index contributed by atoms with van der Waals surface area (Å²) in [5.41, 5.74) is 0.691. The molecular weight excluding hydrogens is 260 g/mol. The standard InChI is InChI=1S/C13H14N4O3/c18-12-4-9(8-17(12)10-5-15-16-6-10)13(19)14-7-11-2-1-3-20-11/h1-3,5-6,9H,4,7-8H2,(H,14,19)(H,15,16)/t9-/m0/s1. The van der Waals surface area contributed by atoms with Crippen molar-refractivity contribution in [2.45, 2.75) is 13.0 Å². The first kappa shape index (κ1) is 12.5. The molecule has 0 aromatic carbocycles. The Kier molecular flexibility index (Phi) is 3.24. The van der Waals surface area contributed by atoms with Gasteiger partial charge in [-0.25, -0.2) is 0 Å². The molecule has 1 atom stereocenters. The molecule has 0 saturated carbocycles. The maximum absolute atomic E-state index is 12.0. The van der Waals surface area contributed by atoms with Crippen LogP contribution in [0.4, 0.5) is 5.69 Å². The van der Waals surface area contributed by atoms with Gasteiger partial charge in [0.25, 0.3) is 0 Å². The zero-order chi connectivity index (χ0) is 13.9. The Bertz CT molecular complexity index is 591. The van der Waals surface area contributed by atoms with E-state index in [4.69, 9.17) is 4.42 Å². The highest BCUT2D eigenvalue weighted by molar-refractivity contribution is 6.00. The van der Waals surface area contributed by atoms with E-state index in [1.807, 2.05) is 0 Å². The molecule has 1 aliphatic heterocycles. The first-order valence-corrected chi connectivity index (χ1v) is 6.33. The van der Waals surface area contributed by atoms with E-state index in [0.717, 1.165) is 0 Å². The fourth-order valence-corrected chi connectivity index (χ4v) is 2.26. The van der Waals surface area contributed by atoms with Gasteiger partial charge in [0, 0.05) is 19.2 Å². The molecule has 104 valence electrons. The van der Waals surface area contributed by atoms with Gasteiger partial charge in [0.05, 0.1) is 30.6 Å². The Hall–Kier alpha value is -2.57. The minimum Gasteiger partial charge on any atom is -0.467 e. The molecule has 20 heavy (non-hydrogen) atoms. The highest BCUT2D eigenvalue weighted by Gasteiger charge is 2.35. The van der Waals surface area contributed by atoms with Crippen LogP contribution in [0.1, 0.15) is 12.2 Å². The molecule has 7 nitrogen and oxygen atoms in total. The Balaban J connectivity index is 1.58. The second kappa shape index (κ2) is 5.20. The van der Waals surface area contributed by atoms with Gasteiger partial charge < -0.3 is 14.6 Å². The van der Waals surface area contributed by atoms with Crippen molar-refractivity contribution in [3.63, 3.8) is 0 Å². The fourth-order valence-electron chi connectivity index (χ4n) is 2.26. The number of carbonyl (C=O) groups is 2. The lowest BCUT2D eigenvalue weighted by molar-refractivity contribution is -0.126. The Morgan fingerprint density at radius 2 is 2.50 bits per heavy atom. The number of nitrogens with one attached hydrogen (secondary N) is 2. The second-order valence-electron chi connectivity index (χ2n) is 4.66. The molecule has 0 spiro atoms. The average molecular weight is 274 g/mol. The van der Waals surface area contributed by atoms with Crippen LogP contribution in [0.25, 0.3) is 0 Å². The van der Waals surface area contributed by atoms with E-state index in [9.17, 15) is 9.59 Å². The van der Waals surface area contributed by atoms with E-state index in [2.05, 4.69) is 15.5 Å². The third-order valence-electron chi connectivity index (χ3n) is 3.31. The molecule has 2 N–H and O–H groups in total. The Labute approximate surface area is 114 Å². The van der Waals surface area contributed by atoms with Gasteiger partial charge in [-0.05, 0) is 12.1 Å². The van der Waals surface area contributed by atoms with Crippen molar-refractivity contribution in [3.8, 4) is 0 Å². The number of rotatable bonds is 4. The molecule has 2 aromatic rings. The van der Waals surface area contributed by atoms with Crippen LogP contribution in [0, 0.1) is 5.92 Å². The third kappa shape index (κ3) is 2.42. The molecule has 7 heteroatoms. The number of aromatic amines is 1. The largest absolute Gasteiger partial charge is 0.467 e. The van der Waals surface area contributed by atoms with Crippen LogP contribution in [0.3, 0.4) is 0 Å². The Morgan fingerprint density at radius 3 is 3.20 bits per heavy atom. The number of amides is 2. The van der Waals surface area contributed by atoms with E-state index in [1.165, 1.54) is 0 Å². The monoisotopic (exact) mass is 274 g/mol. The number of anilines is 1. The SMILES string of the molecule is O=C(NCc1ccco1)[C@H]1CC(=O)N(c2cn[nH]c2)C1. The molecule has 3 rings (SSSR count). The van der Waals surface area contributed by atoms with Crippen molar-refractivity contribution < 1.29 is 14.0 Å².